The monoisotopic (exact) mass is 371 g/mol. The molecule has 0 amide bonds. The number of thiophene rings is 1. The van der Waals surface area contributed by atoms with Gasteiger partial charge in [-0.15, -0.1) is 11.3 Å². The lowest BCUT2D eigenvalue weighted by molar-refractivity contribution is 0.825. The summed E-state index contributed by atoms with van der Waals surface area (Å²) in [6.07, 6.45) is 1.92. The van der Waals surface area contributed by atoms with E-state index in [1.807, 2.05) is 24.4 Å². The Kier molecular flexibility index (Phi) is 4.54. The van der Waals surface area contributed by atoms with Crippen LogP contribution in [0.5, 0.6) is 0 Å². The highest BCUT2D eigenvalue weighted by atomic mass is 79.9. The van der Waals surface area contributed by atoms with Crippen molar-refractivity contribution in [1.29, 1.82) is 0 Å². The van der Waals surface area contributed by atoms with Crippen LogP contribution in [0.25, 0.3) is 0 Å². The van der Waals surface area contributed by atoms with E-state index in [-0.39, 0.29) is 6.04 Å². The quantitative estimate of drug-likeness (QED) is 0.635. The Labute approximate surface area is 122 Å². The molecule has 0 aliphatic rings. The molecule has 0 fully saturated rings. The minimum atomic E-state index is 0.182. The van der Waals surface area contributed by atoms with E-state index in [2.05, 4.69) is 62.0 Å². The molecule has 0 aliphatic heterocycles. The van der Waals surface area contributed by atoms with Crippen LogP contribution in [0.3, 0.4) is 0 Å². The Morgan fingerprint density at radius 1 is 1.24 bits per heavy atom. The third-order valence-electron chi connectivity index (χ3n) is 2.40. The van der Waals surface area contributed by atoms with Crippen LogP contribution >= 0.6 is 43.2 Å². The van der Waals surface area contributed by atoms with Gasteiger partial charge in [0.05, 0.1) is 13.6 Å². The summed E-state index contributed by atoms with van der Waals surface area (Å²) in [6.45, 7) is 2.10. The smallest absolute Gasteiger partial charge is 0.0798 e. The molecule has 1 atom stereocenters. The fourth-order valence-corrected chi connectivity index (χ4v) is 4.16. The van der Waals surface area contributed by atoms with E-state index in [4.69, 9.17) is 0 Å². The first-order chi connectivity index (χ1) is 8.16. The summed E-state index contributed by atoms with van der Waals surface area (Å²) in [5.41, 5.74) is 2.35. The predicted molar refractivity (Wildman–Crippen MR) is 82.2 cm³/mol. The summed E-state index contributed by atoms with van der Waals surface area (Å²) >= 11 is 8.64. The molecular weight excluding hydrogens is 362 g/mol. The zero-order chi connectivity index (χ0) is 12.3. The highest BCUT2D eigenvalue weighted by Gasteiger charge is 2.04. The molecule has 0 spiro atoms. The largest absolute Gasteiger partial charge is 0.285 e. The van der Waals surface area contributed by atoms with E-state index >= 15 is 0 Å². The summed E-state index contributed by atoms with van der Waals surface area (Å²) in [7, 11) is 0. The minimum Gasteiger partial charge on any atom is -0.285 e. The topological polar surface area (TPSA) is 12.4 Å². The number of benzene rings is 1. The average molecular weight is 373 g/mol. The van der Waals surface area contributed by atoms with Gasteiger partial charge in [0, 0.05) is 11.8 Å². The number of nitrogens with zero attached hydrogens (tertiary/aromatic N) is 1. The molecule has 0 radical (unpaired) electrons. The van der Waals surface area contributed by atoms with E-state index in [1.54, 1.807) is 11.3 Å². The van der Waals surface area contributed by atoms with Gasteiger partial charge in [-0.05, 0) is 50.4 Å². The standard InChI is InChI=1S/C13H11Br2NS/c1-9(10-5-3-2-4-6-10)16-8-11-7-12(14)17-13(11)15/h2-9H,1H3/t9-/m1/s1. The highest BCUT2D eigenvalue weighted by molar-refractivity contribution is 9.12. The van der Waals surface area contributed by atoms with Gasteiger partial charge in [0.15, 0.2) is 0 Å². The van der Waals surface area contributed by atoms with Gasteiger partial charge in [-0.2, -0.15) is 0 Å². The van der Waals surface area contributed by atoms with Crippen molar-refractivity contribution in [3.8, 4) is 0 Å². The highest BCUT2D eigenvalue weighted by Crippen LogP contribution is 2.31. The molecule has 0 aliphatic carbocycles. The van der Waals surface area contributed by atoms with Gasteiger partial charge < -0.3 is 0 Å². The molecule has 0 N–H and O–H groups in total. The minimum absolute atomic E-state index is 0.182. The van der Waals surface area contributed by atoms with Crippen LogP contribution in [-0.2, 0) is 0 Å². The van der Waals surface area contributed by atoms with Gasteiger partial charge in [-0.3, -0.25) is 4.99 Å². The van der Waals surface area contributed by atoms with Crippen LogP contribution in [0.2, 0.25) is 0 Å². The molecule has 0 bridgehead atoms. The molecule has 0 saturated heterocycles. The van der Waals surface area contributed by atoms with Crippen molar-refractivity contribution in [2.45, 2.75) is 13.0 Å². The van der Waals surface area contributed by atoms with Crippen LogP contribution in [0.1, 0.15) is 24.1 Å². The molecule has 0 unspecified atom stereocenters. The fraction of sp³-hybridized carbons (Fsp3) is 0.154. The Hall–Kier alpha value is -0.450. The van der Waals surface area contributed by atoms with E-state index in [9.17, 15) is 0 Å². The molecule has 88 valence electrons. The number of hydrogen-bond donors (Lipinski definition) is 0. The Morgan fingerprint density at radius 3 is 2.53 bits per heavy atom. The number of halogens is 2. The van der Waals surface area contributed by atoms with Gasteiger partial charge in [0.25, 0.3) is 0 Å². The van der Waals surface area contributed by atoms with Crippen molar-refractivity contribution >= 4 is 49.4 Å². The first kappa shape index (κ1) is 13.0. The maximum Gasteiger partial charge on any atom is 0.0798 e. The first-order valence-corrected chi connectivity index (χ1v) is 7.60. The van der Waals surface area contributed by atoms with E-state index in [1.165, 1.54) is 5.56 Å². The zero-order valence-electron chi connectivity index (χ0n) is 9.23. The second-order valence-corrected chi connectivity index (χ2v) is 7.39. The van der Waals surface area contributed by atoms with Crippen LogP contribution < -0.4 is 0 Å². The average Bonchev–Trinajstić information content (AvgIpc) is 2.66. The molecule has 1 aromatic carbocycles. The SMILES string of the molecule is C[C@@H](N=Cc1cc(Br)sc1Br)c1ccccc1. The fourth-order valence-electron chi connectivity index (χ4n) is 1.45. The summed E-state index contributed by atoms with van der Waals surface area (Å²) in [5.74, 6) is 0. The van der Waals surface area contributed by atoms with Gasteiger partial charge in [0.1, 0.15) is 0 Å². The Morgan fingerprint density at radius 2 is 1.94 bits per heavy atom. The normalized spacial score (nSPS) is 13.1. The van der Waals surface area contributed by atoms with Crippen LogP contribution in [0, 0.1) is 0 Å². The van der Waals surface area contributed by atoms with Gasteiger partial charge in [-0.1, -0.05) is 30.3 Å². The summed E-state index contributed by atoms with van der Waals surface area (Å²) in [5, 5.41) is 0. The summed E-state index contributed by atoms with van der Waals surface area (Å²) in [6, 6.07) is 12.5. The molecule has 0 saturated carbocycles. The molecule has 17 heavy (non-hydrogen) atoms. The Balaban J connectivity index is 2.14. The molecule has 1 heterocycles. The van der Waals surface area contributed by atoms with Crippen molar-refractivity contribution < 1.29 is 0 Å². The lowest BCUT2D eigenvalue weighted by atomic mass is 10.1. The molecule has 2 rings (SSSR count). The number of aliphatic imine (C=N–C) groups is 1. The molecule has 4 heteroatoms. The molecule has 1 aromatic heterocycles. The van der Waals surface area contributed by atoms with E-state index < -0.39 is 0 Å². The van der Waals surface area contributed by atoms with E-state index in [0.717, 1.165) is 13.1 Å². The third kappa shape index (κ3) is 3.50. The van der Waals surface area contributed by atoms with Crippen molar-refractivity contribution in [2.24, 2.45) is 4.99 Å². The van der Waals surface area contributed by atoms with Crippen molar-refractivity contribution in [3.05, 3.63) is 55.1 Å². The zero-order valence-corrected chi connectivity index (χ0v) is 13.2. The second kappa shape index (κ2) is 5.94. The summed E-state index contributed by atoms with van der Waals surface area (Å²) in [4.78, 5) is 4.57. The van der Waals surface area contributed by atoms with Crippen LogP contribution in [0.15, 0.2) is 49.0 Å². The van der Waals surface area contributed by atoms with E-state index in [0.29, 0.717) is 0 Å². The van der Waals surface area contributed by atoms with Crippen molar-refractivity contribution in [2.75, 3.05) is 0 Å². The maximum absolute atomic E-state index is 4.57. The number of hydrogen-bond acceptors (Lipinski definition) is 2. The number of rotatable bonds is 3. The van der Waals surface area contributed by atoms with Gasteiger partial charge in [0.2, 0.25) is 0 Å². The van der Waals surface area contributed by atoms with Gasteiger partial charge in [-0.25, -0.2) is 0 Å². The maximum atomic E-state index is 4.57. The second-order valence-electron chi connectivity index (χ2n) is 3.64. The third-order valence-corrected chi connectivity index (χ3v) is 4.79. The lowest BCUT2D eigenvalue weighted by Crippen LogP contribution is -1.90. The molecule has 2 aromatic rings. The first-order valence-electron chi connectivity index (χ1n) is 5.20. The van der Waals surface area contributed by atoms with Crippen molar-refractivity contribution in [1.82, 2.24) is 0 Å². The predicted octanol–water partition coefficient (Wildman–Crippen LogP) is 5.45. The molecule has 1 nitrogen and oxygen atoms in total. The molecular formula is C13H11Br2NS. The van der Waals surface area contributed by atoms with Crippen LogP contribution in [-0.4, -0.2) is 6.21 Å². The van der Waals surface area contributed by atoms with Gasteiger partial charge >= 0.3 is 0 Å². The Bertz CT molecular complexity index is 519. The lowest BCUT2D eigenvalue weighted by Gasteiger charge is -2.05. The summed E-state index contributed by atoms with van der Waals surface area (Å²) < 4.78 is 2.21. The van der Waals surface area contributed by atoms with Crippen LogP contribution in [0.4, 0.5) is 0 Å². The van der Waals surface area contributed by atoms with Crippen molar-refractivity contribution in [3.63, 3.8) is 0 Å².